The highest BCUT2D eigenvalue weighted by molar-refractivity contribution is 5.98. The Morgan fingerprint density at radius 2 is 1.79 bits per heavy atom. The van der Waals surface area contributed by atoms with Gasteiger partial charge in [0.25, 0.3) is 5.89 Å². The van der Waals surface area contributed by atoms with Gasteiger partial charge in [0.2, 0.25) is 5.89 Å². The number of carbonyl (C=O) groups excluding carboxylic acids is 1. The number of fused-ring (bicyclic) bond motifs is 1. The summed E-state index contributed by atoms with van der Waals surface area (Å²) in [4.78, 5) is 17.4. The lowest BCUT2D eigenvalue weighted by Gasteiger charge is -2.12. The van der Waals surface area contributed by atoms with Crippen LogP contribution < -0.4 is 0 Å². The highest BCUT2D eigenvalue weighted by Gasteiger charge is 2.20. The van der Waals surface area contributed by atoms with E-state index in [1.54, 1.807) is 0 Å². The number of pyridine rings is 1. The Morgan fingerprint density at radius 3 is 2.57 bits per heavy atom. The summed E-state index contributed by atoms with van der Waals surface area (Å²) in [6, 6.07) is 17.2. The quantitative estimate of drug-likeness (QED) is 0.479. The van der Waals surface area contributed by atoms with Crippen molar-refractivity contribution < 1.29 is 13.9 Å². The van der Waals surface area contributed by atoms with Gasteiger partial charge in [-0.3, -0.25) is 4.98 Å². The average Bonchev–Trinajstić information content (AvgIpc) is 3.21. The molecule has 0 saturated heterocycles. The van der Waals surface area contributed by atoms with Crippen molar-refractivity contribution in [2.75, 3.05) is 0 Å². The van der Waals surface area contributed by atoms with Crippen molar-refractivity contribution >= 4 is 16.9 Å². The van der Waals surface area contributed by atoms with E-state index in [9.17, 15) is 4.79 Å². The molecule has 4 aromatic rings. The topological polar surface area (TPSA) is 78.1 Å². The molecule has 0 aliphatic rings. The number of rotatable bonds is 5. The van der Waals surface area contributed by atoms with Gasteiger partial charge in [0, 0.05) is 10.9 Å². The van der Waals surface area contributed by atoms with Gasteiger partial charge in [-0.05, 0) is 37.1 Å². The smallest absolute Gasteiger partial charge is 0.340 e. The highest BCUT2D eigenvalue weighted by Crippen LogP contribution is 2.24. The van der Waals surface area contributed by atoms with Crippen molar-refractivity contribution in [3.05, 3.63) is 77.3 Å². The maximum absolute atomic E-state index is 12.8. The van der Waals surface area contributed by atoms with E-state index in [4.69, 9.17) is 9.15 Å². The van der Waals surface area contributed by atoms with Crippen LogP contribution >= 0.6 is 0 Å². The Kier molecular flexibility index (Phi) is 4.85. The molecule has 6 nitrogen and oxygen atoms in total. The molecule has 4 rings (SSSR count). The van der Waals surface area contributed by atoms with Crippen LogP contribution in [0.15, 0.2) is 59.0 Å². The zero-order chi connectivity index (χ0) is 19.5. The van der Waals surface area contributed by atoms with Gasteiger partial charge in [-0.25, -0.2) is 4.79 Å². The molecule has 0 saturated carbocycles. The lowest BCUT2D eigenvalue weighted by atomic mass is 10.0. The number of esters is 1. The Labute approximate surface area is 162 Å². The van der Waals surface area contributed by atoms with Crippen molar-refractivity contribution in [1.29, 1.82) is 0 Å². The number of ether oxygens (including phenoxy) is 1. The predicted molar refractivity (Wildman–Crippen MR) is 105 cm³/mol. The molecule has 0 unspecified atom stereocenters. The minimum atomic E-state index is -0.438. The maximum Gasteiger partial charge on any atom is 0.340 e. The Morgan fingerprint density at radius 1 is 1.04 bits per heavy atom. The van der Waals surface area contributed by atoms with E-state index >= 15 is 0 Å². The normalized spacial score (nSPS) is 10.9. The lowest BCUT2D eigenvalue weighted by Crippen LogP contribution is -2.12. The van der Waals surface area contributed by atoms with Crippen molar-refractivity contribution in [3.63, 3.8) is 0 Å². The number of para-hydroxylation sites is 1. The minimum Gasteiger partial charge on any atom is -0.452 e. The molecule has 140 valence electrons. The predicted octanol–water partition coefficient (Wildman–Crippen LogP) is 4.51. The zero-order valence-electron chi connectivity index (χ0n) is 15.7. The molecule has 0 radical (unpaired) electrons. The summed E-state index contributed by atoms with van der Waals surface area (Å²) in [6.45, 7) is 3.80. The molecular formula is C22H19N3O3. The molecule has 0 bridgehead atoms. The Balaban J connectivity index is 1.56. The van der Waals surface area contributed by atoms with Gasteiger partial charge in [0.1, 0.15) is 0 Å². The second-order valence-electron chi connectivity index (χ2n) is 6.37. The third kappa shape index (κ3) is 3.36. The minimum absolute atomic E-state index is 0.0892. The second-order valence-corrected chi connectivity index (χ2v) is 6.37. The number of nitrogens with zero attached hydrogens (tertiary/aromatic N) is 3. The van der Waals surface area contributed by atoms with E-state index in [0.717, 1.165) is 27.7 Å². The molecule has 0 N–H and O–H groups in total. The summed E-state index contributed by atoms with van der Waals surface area (Å²) in [5, 5.41) is 8.91. The van der Waals surface area contributed by atoms with E-state index in [0.29, 0.717) is 17.9 Å². The SMILES string of the molecule is CCc1nc2ccccc2c(C)c1C(=O)OCc1nnc(-c2ccccc2)o1. The number of hydrogen-bond acceptors (Lipinski definition) is 6. The van der Waals surface area contributed by atoms with Crippen molar-refractivity contribution in [2.45, 2.75) is 26.9 Å². The van der Waals surface area contributed by atoms with Crippen LogP contribution in [0.5, 0.6) is 0 Å². The van der Waals surface area contributed by atoms with E-state index in [1.807, 2.05) is 68.4 Å². The van der Waals surface area contributed by atoms with Crippen molar-refractivity contribution in [3.8, 4) is 11.5 Å². The van der Waals surface area contributed by atoms with Gasteiger partial charge in [-0.15, -0.1) is 10.2 Å². The molecule has 0 fully saturated rings. The molecule has 2 aromatic carbocycles. The maximum atomic E-state index is 12.8. The van der Waals surface area contributed by atoms with Gasteiger partial charge in [0.15, 0.2) is 6.61 Å². The molecular weight excluding hydrogens is 354 g/mol. The van der Waals surface area contributed by atoms with Crippen LogP contribution in [0.25, 0.3) is 22.4 Å². The molecule has 0 spiro atoms. The van der Waals surface area contributed by atoms with Crippen molar-refractivity contribution in [2.24, 2.45) is 0 Å². The van der Waals surface area contributed by atoms with E-state index < -0.39 is 5.97 Å². The van der Waals surface area contributed by atoms with Crippen LogP contribution in [0.4, 0.5) is 0 Å². The first-order valence-corrected chi connectivity index (χ1v) is 9.10. The van der Waals surface area contributed by atoms with Crippen LogP contribution in [-0.2, 0) is 17.8 Å². The molecule has 2 aromatic heterocycles. The van der Waals surface area contributed by atoms with Gasteiger partial charge >= 0.3 is 5.97 Å². The molecule has 0 aliphatic heterocycles. The average molecular weight is 373 g/mol. The Hall–Kier alpha value is -3.54. The molecule has 2 heterocycles. The first-order chi connectivity index (χ1) is 13.7. The third-order valence-corrected chi connectivity index (χ3v) is 4.58. The number of aromatic nitrogens is 3. The summed E-state index contributed by atoms with van der Waals surface area (Å²) in [6.07, 6.45) is 0.634. The van der Waals surface area contributed by atoms with Crippen LogP contribution in [0, 0.1) is 6.92 Å². The summed E-state index contributed by atoms with van der Waals surface area (Å²) in [7, 11) is 0. The fourth-order valence-electron chi connectivity index (χ4n) is 3.18. The van der Waals surface area contributed by atoms with Crippen LogP contribution in [0.1, 0.15) is 34.4 Å². The van der Waals surface area contributed by atoms with Crippen LogP contribution in [-0.4, -0.2) is 21.2 Å². The number of hydrogen-bond donors (Lipinski definition) is 0. The molecule has 6 heteroatoms. The highest BCUT2D eigenvalue weighted by atomic mass is 16.5. The van der Waals surface area contributed by atoms with Gasteiger partial charge < -0.3 is 9.15 Å². The lowest BCUT2D eigenvalue weighted by molar-refractivity contribution is 0.0436. The van der Waals surface area contributed by atoms with E-state index in [1.165, 1.54) is 0 Å². The fourth-order valence-corrected chi connectivity index (χ4v) is 3.18. The largest absolute Gasteiger partial charge is 0.452 e. The summed E-state index contributed by atoms with van der Waals surface area (Å²) in [5.74, 6) is 0.202. The number of benzene rings is 2. The summed E-state index contributed by atoms with van der Waals surface area (Å²) >= 11 is 0. The molecule has 28 heavy (non-hydrogen) atoms. The van der Waals surface area contributed by atoms with Crippen LogP contribution in [0.3, 0.4) is 0 Å². The fraction of sp³-hybridized carbons (Fsp3) is 0.182. The van der Waals surface area contributed by atoms with Gasteiger partial charge in [0.05, 0.1) is 16.8 Å². The van der Waals surface area contributed by atoms with Crippen LogP contribution in [0.2, 0.25) is 0 Å². The standard InChI is InChI=1S/C22H19N3O3/c1-3-17-20(14(2)16-11-7-8-12-18(16)23-17)22(26)27-13-19-24-25-21(28-19)15-9-5-4-6-10-15/h4-12H,3,13H2,1-2H3. The van der Waals surface area contributed by atoms with E-state index in [2.05, 4.69) is 15.2 Å². The number of carbonyl (C=O) groups is 1. The first-order valence-electron chi connectivity index (χ1n) is 9.10. The molecule has 0 amide bonds. The molecule has 0 aliphatic carbocycles. The monoisotopic (exact) mass is 373 g/mol. The van der Waals surface area contributed by atoms with Gasteiger partial charge in [-0.2, -0.15) is 0 Å². The summed E-state index contributed by atoms with van der Waals surface area (Å²) < 4.78 is 11.1. The Bertz CT molecular complexity index is 1140. The summed E-state index contributed by atoms with van der Waals surface area (Å²) in [5.41, 5.74) is 3.77. The van der Waals surface area contributed by atoms with Crippen molar-refractivity contribution in [1.82, 2.24) is 15.2 Å². The second kappa shape index (κ2) is 7.60. The van der Waals surface area contributed by atoms with E-state index in [-0.39, 0.29) is 12.5 Å². The third-order valence-electron chi connectivity index (χ3n) is 4.58. The number of aryl methyl sites for hydroxylation is 2. The molecule has 0 atom stereocenters. The first kappa shape index (κ1) is 17.9. The zero-order valence-corrected chi connectivity index (χ0v) is 15.7. The van der Waals surface area contributed by atoms with Gasteiger partial charge in [-0.1, -0.05) is 43.3 Å².